The highest BCUT2D eigenvalue weighted by Gasteiger charge is 2.08. The van der Waals surface area contributed by atoms with E-state index in [0.29, 0.717) is 0 Å². The zero-order valence-electron chi connectivity index (χ0n) is 9.31. The van der Waals surface area contributed by atoms with Gasteiger partial charge >= 0.3 is 0 Å². The van der Waals surface area contributed by atoms with Crippen molar-refractivity contribution in [1.29, 1.82) is 0 Å². The molecule has 0 spiro atoms. The van der Waals surface area contributed by atoms with Gasteiger partial charge in [0, 0.05) is 0 Å². The van der Waals surface area contributed by atoms with Gasteiger partial charge in [0.1, 0.15) is 0 Å². The Morgan fingerprint density at radius 2 is 0.909 bits per heavy atom. The van der Waals surface area contributed by atoms with Crippen molar-refractivity contribution in [1.82, 2.24) is 0 Å². The minimum absolute atomic E-state index is 0.287. The highest BCUT2D eigenvalue weighted by molar-refractivity contribution is 6.39. The zero-order valence-corrected chi connectivity index (χ0v) is 9.31. The molecule has 2 atom stereocenters. The van der Waals surface area contributed by atoms with E-state index in [-0.39, 0.29) is 7.28 Å². The zero-order chi connectivity index (χ0) is 9.02. The van der Waals surface area contributed by atoms with Crippen molar-refractivity contribution in [3.05, 3.63) is 0 Å². The quantitative estimate of drug-likeness (QED) is 0.547. The molecule has 0 aromatic heterocycles. The molecule has 0 aliphatic heterocycles. The SMILES string of the molecule is CC(C)C(C)[BH2-]C(C)C(C)C. The minimum atomic E-state index is 0.287. The summed E-state index contributed by atoms with van der Waals surface area (Å²) in [6, 6.07) is 0. The van der Waals surface area contributed by atoms with Gasteiger partial charge in [0.05, 0.1) is 0 Å². The first kappa shape index (κ1) is 11.1. The van der Waals surface area contributed by atoms with Gasteiger partial charge in [0.2, 0.25) is 0 Å². The summed E-state index contributed by atoms with van der Waals surface area (Å²) in [6.45, 7) is 14.2. The molecule has 11 heavy (non-hydrogen) atoms. The van der Waals surface area contributed by atoms with Crippen LogP contribution in [-0.2, 0) is 0 Å². The second-order valence-corrected chi connectivity index (χ2v) is 5.31. The first-order chi connectivity index (χ1) is 4.95. The molecule has 1 heteroatoms. The summed E-state index contributed by atoms with van der Waals surface area (Å²) < 4.78 is 0. The van der Waals surface area contributed by atoms with Gasteiger partial charge in [-0.1, -0.05) is 53.4 Å². The van der Waals surface area contributed by atoms with Crippen LogP contribution in [0.4, 0.5) is 0 Å². The first-order valence-corrected chi connectivity index (χ1v) is 5.29. The van der Waals surface area contributed by atoms with Crippen LogP contribution in [0.5, 0.6) is 0 Å². The Morgan fingerprint density at radius 3 is 1.09 bits per heavy atom. The molecule has 0 bridgehead atoms. The van der Waals surface area contributed by atoms with Crippen LogP contribution in [0.3, 0.4) is 0 Å². The maximum absolute atomic E-state index is 2.42. The van der Waals surface area contributed by atoms with Crippen LogP contribution in [0.2, 0.25) is 11.6 Å². The second-order valence-electron chi connectivity index (χ2n) is 5.31. The van der Waals surface area contributed by atoms with Crippen molar-refractivity contribution >= 4 is 7.28 Å². The third-order valence-electron chi connectivity index (χ3n) is 3.72. The van der Waals surface area contributed by atoms with Gasteiger partial charge in [0.15, 0.2) is 0 Å². The van der Waals surface area contributed by atoms with E-state index in [2.05, 4.69) is 41.5 Å². The predicted molar refractivity (Wildman–Crippen MR) is 57.1 cm³/mol. The lowest BCUT2D eigenvalue weighted by atomic mass is 9.50. The topological polar surface area (TPSA) is 0 Å². The van der Waals surface area contributed by atoms with Crippen LogP contribution in [-0.4, -0.2) is 7.28 Å². The summed E-state index contributed by atoms with van der Waals surface area (Å²) >= 11 is 0. The summed E-state index contributed by atoms with van der Waals surface area (Å²) in [5, 5.41) is 0. The molecule has 2 unspecified atom stereocenters. The van der Waals surface area contributed by atoms with E-state index in [0.717, 1.165) is 23.5 Å². The Morgan fingerprint density at radius 1 is 0.636 bits per heavy atom. The fraction of sp³-hybridized carbons (Fsp3) is 1.00. The van der Waals surface area contributed by atoms with Gasteiger partial charge in [-0.25, -0.2) is 0 Å². The van der Waals surface area contributed by atoms with Crippen molar-refractivity contribution in [3.63, 3.8) is 0 Å². The number of hydrogen-bond acceptors (Lipinski definition) is 0. The lowest BCUT2D eigenvalue weighted by Gasteiger charge is -2.28. The van der Waals surface area contributed by atoms with Crippen LogP contribution in [0.15, 0.2) is 0 Å². The molecule has 0 nitrogen and oxygen atoms in total. The fourth-order valence-electron chi connectivity index (χ4n) is 1.60. The average Bonchev–Trinajstić information content (AvgIpc) is 1.87. The van der Waals surface area contributed by atoms with Crippen LogP contribution < -0.4 is 0 Å². The van der Waals surface area contributed by atoms with E-state index in [9.17, 15) is 0 Å². The van der Waals surface area contributed by atoms with E-state index >= 15 is 0 Å². The van der Waals surface area contributed by atoms with Crippen LogP contribution in [0, 0.1) is 11.8 Å². The summed E-state index contributed by atoms with van der Waals surface area (Å²) in [6.07, 6.45) is 0. The van der Waals surface area contributed by atoms with Gasteiger partial charge in [-0.2, -0.15) is 11.6 Å². The Kier molecular flexibility index (Phi) is 4.87. The van der Waals surface area contributed by atoms with E-state index in [1.54, 1.807) is 0 Å². The van der Waals surface area contributed by atoms with Gasteiger partial charge < -0.3 is 0 Å². The molecule has 68 valence electrons. The minimum Gasteiger partial charge on any atom is -0.173 e. The van der Waals surface area contributed by atoms with Gasteiger partial charge in [-0.15, -0.1) is 0 Å². The van der Waals surface area contributed by atoms with Gasteiger partial charge in [-0.05, 0) is 7.28 Å². The molecule has 0 saturated heterocycles. The Labute approximate surface area is 73.0 Å². The van der Waals surface area contributed by atoms with E-state index in [1.807, 2.05) is 0 Å². The molecule has 0 rings (SSSR count). The molecule has 0 fully saturated rings. The molecule has 0 radical (unpaired) electrons. The average molecular weight is 155 g/mol. The van der Waals surface area contributed by atoms with Crippen molar-refractivity contribution in [3.8, 4) is 0 Å². The highest BCUT2D eigenvalue weighted by atomic mass is 14.1. The molecule has 0 aromatic carbocycles. The smallest absolute Gasteiger partial charge is 0.0262 e. The highest BCUT2D eigenvalue weighted by Crippen LogP contribution is 2.24. The molecule has 0 heterocycles. The summed E-state index contributed by atoms with van der Waals surface area (Å²) in [4.78, 5) is 0. The molecule has 0 aliphatic rings. The normalized spacial score (nSPS) is 17.5. The van der Waals surface area contributed by atoms with Crippen LogP contribution in [0.25, 0.3) is 0 Å². The molecular formula is C10H24B-. The molecule has 0 amide bonds. The lowest BCUT2D eigenvalue weighted by Crippen LogP contribution is -2.14. The van der Waals surface area contributed by atoms with Crippen molar-refractivity contribution < 1.29 is 0 Å². The van der Waals surface area contributed by atoms with Crippen molar-refractivity contribution in [2.45, 2.75) is 53.2 Å². The standard InChI is InChI=1S/C10H24B/c1-7(2)9(5)11-10(6)8(3)4/h7-10H,11H2,1-6H3/q-1. The third kappa shape index (κ3) is 4.50. The lowest BCUT2D eigenvalue weighted by molar-refractivity contribution is 0.575. The number of rotatable bonds is 4. The number of hydrogen-bond donors (Lipinski definition) is 0. The van der Waals surface area contributed by atoms with Crippen LogP contribution in [0.1, 0.15) is 41.5 Å². The Bertz CT molecular complexity index is 85.0. The van der Waals surface area contributed by atoms with Crippen molar-refractivity contribution in [2.24, 2.45) is 11.8 Å². The predicted octanol–water partition coefficient (Wildman–Crippen LogP) is 3.08. The molecular weight excluding hydrogens is 131 g/mol. The molecule has 0 N–H and O–H groups in total. The Balaban J connectivity index is 3.66. The maximum Gasteiger partial charge on any atom is -0.0262 e. The van der Waals surface area contributed by atoms with E-state index in [4.69, 9.17) is 0 Å². The van der Waals surface area contributed by atoms with Gasteiger partial charge in [-0.3, -0.25) is 0 Å². The first-order valence-electron chi connectivity index (χ1n) is 5.29. The van der Waals surface area contributed by atoms with Crippen LogP contribution >= 0.6 is 0 Å². The molecule has 0 saturated carbocycles. The van der Waals surface area contributed by atoms with E-state index in [1.165, 1.54) is 0 Å². The van der Waals surface area contributed by atoms with Gasteiger partial charge in [0.25, 0.3) is 0 Å². The van der Waals surface area contributed by atoms with Crippen molar-refractivity contribution in [2.75, 3.05) is 0 Å². The largest absolute Gasteiger partial charge is 0.173 e. The monoisotopic (exact) mass is 155 g/mol. The third-order valence-corrected chi connectivity index (χ3v) is 3.72. The fourth-order valence-corrected chi connectivity index (χ4v) is 1.60. The second kappa shape index (κ2) is 4.85. The molecule has 0 aliphatic carbocycles. The summed E-state index contributed by atoms with van der Waals surface area (Å²) in [5.74, 6) is 3.81. The summed E-state index contributed by atoms with van der Waals surface area (Å²) in [7, 11) is 0.287. The Hall–Kier alpha value is 0.0649. The van der Waals surface area contributed by atoms with E-state index < -0.39 is 0 Å². The maximum atomic E-state index is 2.42. The molecule has 0 aromatic rings. The summed E-state index contributed by atoms with van der Waals surface area (Å²) in [5.41, 5.74) is 0.